The summed E-state index contributed by atoms with van der Waals surface area (Å²) in [4.78, 5) is 26.4. The number of rotatable bonds is 2. The van der Waals surface area contributed by atoms with Gasteiger partial charge in [0.25, 0.3) is 11.8 Å². The molecule has 2 aromatic rings. The Morgan fingerprint density at radius 2 is 1.76 bits per heavy atom. The number of fused-ring (bicyclic) bond motifs is 2. The summed E-state index contributed by atoms with van der Waals surface area (Å²) >= 11 is 0. The highest BCUT2D eigenvalue weighted by molar-refractivity contribution is 6.07. The smallest absolute Gasteiger partial charge is 0.253 e. The first kappa shape index (κ1) is 15.7. The van der Waals surface area contributed by atoms with E-state index in [0.717, 1.165) is 6.07 Å². The fraction of sp³-hybridized carbons (Fsp3) is 0.222. The molecule has 2 aliphatic rings. The van der Waals surface area contributed by atoms with E-state index in [-0.39, 0.29) is 30.5 Å². The van der Waals surface area contributed by atoms with Crippen molar-refractivity contribution in [2.45, 2.75) is 18.5 Å². The van der Waals surface area contributed by atoms with Crippen LogP contribution in [0.2, 0.25) is 0 Å². The van der Waals surface area contributed by atoms with Gasteiger partial charge in [-0.05, 0) is 17.7 Å². The van der Waals surface area contributed by atoms with Crippen molar-refractivity contribution in [2.24, 2.45) is 0 Å². The number of likely N-dealkylation sites (tertiary alicyclic amines) is 1. The zero-order valence-corrected chi connectivity index (χ0v) is 13.0. The van der Waals surface area contributed by atoms with Crippen molar-refractivity contribution in [3.05, 3.63) is 70.5 Å². The SMILES string of the molecule is O=C1NC2(CCN(Cc3cc(F)c(F)cc3F)C2=O)c2ccccc21. The first-order chi connectivity index (χ1) is 11.9. The highest BCUT2D eigenvalue weighted by Gasteiger charge is 2.54. The van der Waals surface area contributed by atoms with Crippen LogP contribution in [0.4, 0.5) is 13.2 Å². The number of halogens is 3. The summed E-state index contributed by atoms with van der Waals surface area (Å²) < 4.78 is 40.3. The molecule has 25 heavy (non-hydrogen) atoms. The molecule has 1 atom stereocenters. The largest absolute Gasteiger partial charge is 0.336 e. The van der Waals surface area contributed by atoms with Crippen LogP contribution < -0.4 is 5.32 Å². The molecule has 0 aromatic heterocycles. The molecular formula is C18H13F3N2O2. The number of carbonyl (C=O) groups is 2. The van der Waals surface area contributed by atoms with Gasteiger partial charge < -0.3 is 10.2 Å². The van der Waals surface area contributed by atoms with Crippen LogP contribution in [0.5, 0.6) is 0 Å². The topological polar surface area (TPSA) is 49.4 Å². The van der Waals surface area contributed by atoms with Crippen LogP contribution in [0.25, 0.3) is 0 Å². The van der Waals surface area contributed by atoms with Crippen LogP contribution in [0, 0.1) is 17.5 Å². The molecule has 128 valence electrons. The number of hydrogen-bond acceptors (Lipinski definition) is 2. The minimum atomic E-state index is -1.28. The molecule has 2 amide bonds. The highest BCUT2D eigenvalue weighted by Crippen LogP contribution is 2.40. The Hall–Kier alpha value is -2.83. The Balaban J connectivity index is 1.66. The van der Waals surface area contributed by atoms with Gasteiger partial charge in [-0.25, -0.2) is 13.2 Å². The minimum Gasteiger partial charge on any atom is -0.336 e. The summed E-state index contributed by atoms with van der Waals surface area (Å²) in [5.74, 6) is -4.07. The molecule has 7 heteroatoms. The maximum absolute atomic E-state index is 13.9. The average molecular weight is 346 g/mol. The number of benzene rings is 2. The van der Waals surface area contributed by atoms with Gasteiger partial charge in [-0.15, -0.1) is 0 Å². The number of hydrogen-bond donors (Lipinski definition) is 1. The van der Waals surface area contributed by atoms with E-state index < -0.39 is 23.0 Å². The first-order valence-corrected chi connectivity index (χ1v) is 7.77. The Kier molecular flexibility index (Phi) is 3.35. The molecule has 1 spiro atoms. The molecule has 0 saturated carbocycles. The van der Waals surface area contributed by atoms with Gasteiger partial charge in [-0.1, -0.05) is 18.2 Å². The lowest BCUT2D eigenvalue weighted by Gasteiger charge is -2.24. The lowest BCUT2D eigenvalue weighted by molar-refractivity contribution is -0.133. The van der Waals surface area contributed by atoms with Gasteiger partial charge in [0.15, 0.2) is 11.6 Å². The van der Waals surface area contributed by atoms with E-state index in [1.807, 2.05) is 0 Å². The van der Waals surface area contributed by atoms with Crippen molar-refractivity contribution in [3.63, 3.8) is 0 Å². The van der Waals surface area contributed by atoms with Gasteiger partial charge in [0, 0.05) is 36.7 Å². The molecular weight excluding hydrogens is 333 g/mol. The summed E-state index contributed by atoms with van der Waals surface area (Å²) in [6.45, 7) is 0.0769. The van der Waals surface area contributed by atoms with Crippen molar-refractivity contribution in [3.8, 4) is 0 Å². The monoisotopic (exact) mass is 346 g/mol. The van der Waals surface area contributed by atoms with Gasteiger partial charge in [0.1, 0.15) is 11.4 Å². The molecule has 4 nitrogen and oxygen atoms in total. The molecule has 1 unspecified atom stereocenters. The molecule has 0 radical (unpaired) electrons. The average Bonchev–Trinajstić information content (AvgIpc) is 3.05. The number of nitrogens with zero attached hydrogens (tertiary/aromatic N) is 1. The van der Waals surface area contributed by atoms with Crippen molar-refractivity contribution in [1.82, 2.24) is 10.2 Å². The molecule has 2 heterocycles. The molecule has 2 aliphatic heterocycles. The van der Waals surface area contributed by atoms with Gasteiger partial charge in [0.05, 0.1) is 0 Å². The predicted octanol–water partition coefficient (Wildman–Crippen LogP) is 2.48. The molecule has 1 fully saturated rings. The van der Waals surface area contributed by atoms with E-state index in [0.29, 0.717) is 23.6 Å². The Bertz CT molecular complexity index is 915. The molecule has 0 bridgehead atoms. The van der Waals surface area contributed by atoms with Crippen LogP contribution in [0.1, 0.15) is 27.9 Å². The van der Waals surface area contributed by atoms with Crippen molar-refractivity contribution in [2.75, 3.05) is 6.54 Å². The minimum absolute atomic E-state index is 0.109. The van der Waals surface area contributed by atoms with Crippen LogP contribution in [-0.4, -0.2) is 23.3 Å². The van der Waals surface area contributed by atoms with Crippen LogP contribution in [-0.2, 0) is 16.9 Å². The Labute approximate surface area is 141 Å². The summed E-state index contributed by atoms with van der Waals surface area (Å²) in [5, 5.41) is 2.74. The number of nitrogens with one attached hydrogen (secondary N) is 1. The molecule has 0 aliphatic carbocycles. The lowest BCUT2D eigenvalue weighted by Crippen LogP contribution is -2.46. The van der Waals surface area contributed by atoms with Crippen molar-refractivity contribution >= 4 is 11.8 Å². The Morgan fingerprint density at radius 1 is 1.04 bits per heavy atom. The normalized spacial score (nSPS) is 21.8. The summed E-state index contributed by atoms with van der Waals surface area (Å²) in [6.07, 6.45) is 0.333. The lowest BCUT2D eigenvalue weighted by atomic mass is 9.89. The molecule has 2 aromatic carbocycles. The van der Waals surface area contributed by atoms with E-state index in [2.05, 4.69) is 5.32 Å². The third kappa shape index (κ3) is 2.22. The summed E-state index contributed by atoms with van der Waals surface area (Å²) in [5.41, 5.74) is -0.236. The second-order valence-corrected chi connectivity index (χ2v) is 6.24. The maximum atomic E-state index is 13.9. The van der Waals surface area contributed by atoms with Crippen LogP contribution >= 0.6 is 0 Å². The fourth-order valence-corrected chi connectivity index (χ4v) is 3.57. The second-order valence-electron chi connectivity index (χ2n) is 6.24. The van der Waals surface area contributed by atoms with E-state index in [4.69, 9.17) is 0 Å². The van der Waals surface area contributed by atoms with Gasteiger partial charge >= 0.3 is 0 Å². The van der Waals surface area contributed by atoms with Crippen LogP contribution in [0.3, 0.4) is 0 Å². The third-order valence-corrected chi connectivity index (χ3v) is 4.82. The summed E-state index contributed by atoms with van der Waals surface area (Å²) in [6, 6.07) is 8.03. The Morgan fingerprint density at radius 3 is 2.56 bits per heavy atom. The first-order valence-electron chi connectivity index (χ1n) is 7.77. The zero-order valence-electron chi connectivity index (χ0n) is 13.0. The van der Waals surface area contributed by atoms with Gasteiger partial charge in [0.2, 0.25) is 0 Å². The van der Waals surface area contributed by atoms with E-state index in [1.165, 1.54) is 4.90 Å². The second kappa shape index (κ2) is 5.34. The summed E-state index contributed by atoms with van der Waals surface area (Å²) in [7, 11) is 0. The highest BCUT2D eigenvalue weighted by atomic mass is 19.2. The fourth-order valence-electron chi connectivity index (χ4n) is 3.57. The van der Waals surface area contributed by atoms with E-state index in [1.54, 1.807) is 24.3 Å². The maximum Gasteiger partial charge on any atom is 0.253 e. The zero-order chi connectivity index (χ0) is 17.8. The molecule has 1 saturated heterocycles. The van der Waals surface area contributed by atoms with E-state index >= 15 is 0 Å². The third-order valence-electron chi connectivity index (χ3n) is 4.82. The molecule has 1 N–H and O–H groups in total. The molecule has 4 rings (SSSR count). The van der Waals surface area contributed by atoms with Gasteiger partial charge in [-0.3, -0.25) is 9.59 Å². The number of carbonyl (C=O) groups excluding carboxylic acids is 2. The standard InChI is InChI=1S/C18H13F3N2O2/c19-13-8-15(21)14(20)7-10(13)9-23-6-5-18(17(23)25)12-4-2-1-3-11(12)16(24)22-18/h1-4,7-8H,5-6,9H2,(H,22,24). The van der Waals surface area contributed by atoms with E-state index in [9.17, 15) is 22.8 Å². The van der Waals surface area contributed by atoms with Crippen LogP contribution in [0.15, 0.2) is 36.4 Å². The quantitative estimate of drug-likeness (QED) is 0.850. The van der Waals surface area contributed by atoms with Crippen molar-refractivity contribution < 1.29 is 22.8 Å². The van der Waals surface area contributed by atoms with Crippen molar-refractivity contribution in [1.29, 1.82) is 0 Å². The predicted molar refractivity (Wildman–Crippen MR) is 81.9 cm³/mol. The number of amides is 2. The van der Waals surface area contributed by atoms with Gasteiger partial charge in [-0.2, -0.15) is 0 Å².